The van der Waals surface area contributed by atoms with Crippen molar-refractivity contribution in [1.82, 2.24) is 4.98 Å². The topological polar surface area (TPSA) is 48.1 Å². The predicted octanol–water partition coefficient (Wildman–Crippen LogP) is 3.19. The van der Waals surface area contributed by atoms with E-state index in [1.807, 2.05) is 38.1 Å². The second kappa shape index (κ2) is 5.31. The third kappa shape index (κ3) is 3.14. The highest BCUT2D eigenvalue weighted by molar-refractivity contribution is 7.11. The Morgan fingerprint density at radius 2 is 1.89 bits per heavy atom. The summed E-state index contributed by atoms with van der Waals surface area (Å²) in [6.07, 6.45) is 0.749. The molecule has 0 spiro atoms. The van der Waals surface area contributed by atoms with Crippen LogP contribution in [-0.2, 0) is 12.0 Å². The maximum Gasteiger partial charge on any atom is 0.118 e. The minimum absolute atomic E-state index is 0.414. The summed E-state index contributed by atoms with van der Waals surface area (Å²) >= 11 is 1.73. The van der Waals surface area contributed by atoms with Crippen molar-refractivity contribution in [2.75, 3.05) is 7.11 Å². The van der Waals surface area contributed by atoms with Gasteiger partial charge in [0, 0.05) is 16.8 Å². The number of rotatable bonds is 4. The van der Waals surface area contributed by atoms with Gasteiger partial charge in [0.25, 0.3) is 0 Å². The van der Waals surface area contributed by atoms with Crippen LogP contribution >= 0.6 is 11.3 Å². The monoisotopic (exact) mass is 276 g/mol. The number of nitrogens with zero attached hydrogens (tertiary/aromatic N) is 1. The van der Waals surface area contributed by atoms with Gasteiger partial charge in [-0.3, -0.25) is 0 Å². The van der Waals surface area contributed by atoms with Gasteiger partial charge in [0.1, 0.15) is 5.75 Å². The molecule has 0 saturated heterocycles. The Hall–Kier alpha value is -1.39. The van der Waals surface area contributed by atoms with Gasteiger partial charge in [-0.25, -0.2) is 4.98 Å². The first-order chi connectivity index (χ1) is 8.92. The third-order valence-corrected chi connectivity index (χ3v) is 4.41. The number of aromatic nitrogens is 1. The van der Waals surface area contributed by atoms with Crippen LogP contribution in [0.25, 0.3) is 0 Å². The van der Waals surface area contributed by atoms with Crippen LogP contribution in [0.2, 0.25) is 0 Å². The molecule has 0 fully saturated rings. The number of ether oxygens (including phenoxy) is 1. The Kier molecular flexibility index (Phi) is 3.92. The highest BCUT2D eigenvalue weighted by Gasteiger charge is 2.23. The Morgan fingerprint density at radius 3 is 2.37 bits per heavy atom. The van der Waals surface area contributed by atoms with Crippen LogP contribution in [0.4, 0.5) is 0 Å². The molecule has 1 unspecified atom stereocenters. The molecule has 0 radical (unpaired) electrons. The van der Waals surface area contributed by atoms with Crippen LogP contribution in [-0.4, -0.2) is 12.1 Å². The maximum atomic E-state index is 6.45. The van der Waals surface area contributed by atoms with Crippen molar-refractivity contribution in [2.45, 2.75) is 32.7 Å². The molecule has 2 rings (SSSR count). The fourth-order valence-corrected chi connectivity index (χ4v) is 3.10. The smallest absolute Gasteiger partial charge is 0.118 e. The van der Waals surface area contributed by atoms with E-state index in [9.17, 15) is 0 Å². The zero-order chi connectivity index (χ0) is 14.0. The third-order valence-electron chi connectivity index (χ3n) is 3.34. The van der Waals surface area contributed by atoms with Crippen molar-refractivity contribution in [1.29, 1.82) is 0 Å². The first kappa shape index (κ1) is 14.0. The van der Waals surface area contributed by atoms with Crippen LogP contribution < -0.4 is 10.5 Å². The fourth-order valence-electron chi connectivity index (χ4n) is 2.00. The summed E-state index contributed by atoms with van der Waals surface area (Å²) in [6.45, 7) is 6.18. The van der Waals surface area contributed by atoms with Crippen LogP contribution in [0.3, 0.4) is 0 Å². The molecule has 0 bridgehead atoms. The second-order valence-electron chi connectivity index (χ2n) is 5.07. The van der Waals surface area contributed by atoms with Gasteiger partial charge in [-0.1, -0.05) is 12.1 Å². The van der Waals surface area contributed by atoms with E-state index in [0.717, 1.165) is 28.4 Å². The molecule has 2 aromatic rings. The second-order valence-corrected chi connectivity index (χ2v) is 6.36. The van der Waals surface area contributed by atoms with Gasteiger partial charge >= 0.3 is 0 Å². The van der Waals surface area contributed by atoms with Gasteiger partial charge in [0.2, 0.25) is 0 Å². The Balaban J connectivity index is 2.20. The zero-order valence-electron chi connectivity index (χ0n) is 11.9. The molecule has 1 atom stereocenters. The van der Waals surface area contributed by atoms with Crippen molar-refractivity contribution in [3.63, 3.8) is 0 Å². The standard InChI is InChI=1S/C15H20N2OS/c1-10-11(2)19-14(17-10)9-15(3,16)12-5-7-13(18-4)8-6-12/h5-8H,9,16H2,1-4H3. The van der Waals surface area contributed by atoms with Crippen molar-refractivity contribution in [3.05, 3.63) is 45.4 Å². The molecule has 0 aliphatic rings. The largest absolute Gasteiger partial charge is 0.497 e. The van der Waals surface area contributed by atoms with E-state index in [2.05, 4.69) is 11.9 Å². The van der Waals surface area contributed by atoms with Gasteiger partial charge < -0.3 is 10.5 Å². The van der Waals surface area contributed by atoms with Crippen LogP contribution in [0.15, 0.2) is 24.3 Å². The molecule has 1 aromatic heterocycles. The lowest BCUT2D eigenvalue weighted by Gasteiger charge is -2.24. The first-order valence-corrected chi connectivity index (χ1v) is 7.10. The average molecular weight is 276 g/mol. The van der Waals surface area contributed by atoms with E-state index in [1.54, 1.807) is 18.4 Å². The van der Waals surface area contributed by atoms with E-state index < -0.39 is 5.54 Å². The maximum absolute atomic E-state index is 6.45. The lowest BCUT2D eigenvalue weighted by Crippen LogP contribution is -2.35. The average Bonchev–Trinajstić information content (AvgIpc) is 2.67. The number of thiazole rings is 1. The Morgan fingerprint density at radius 1 is 1.26 bits per heavy atom. The summed E-state index contributed by atoms with van der Waals surface area (Å²) in [7, 11) is 1.66. The highest BCUT2D eigenvalue weighted by atomic mass is 32.1. The van der Waals surface area contributed by atoms with Gasteiger partial charge in [-0.2, -0.15) is 0 Å². The van der Waals surface area contributed by atoms with E-state index >= 15 is 0 Å². The van der Waals surface area contributed by atoms with Crippen molar-refractivity contribution in [2.24, 2.45) is 5.73 Å². The highest BCUT2D eigenvalue weighted by Crippen LogP contribution is 2.27. The summed E-state index contributed by atoms with van der Waals surface area (Å²) in [4.78, 5) is 5.83. The minimum atomic E-state index is -0.414. The molecule has 0 aliphatic carbocycles. The van der Waals surface area contributed by atoms with Gasteiger partial charge in [0.15, 0.2) is 0 Å². The lowest BCUT2D eigenvalue weighted by atomic mass is 9.90. The molecular weight excluding hydrogens is 256 g/mol. The van der Waals surface area contributed by atoms with Crippen molar-refractivity contribution < 1.29 is 4.74 Å². The molecule has 2 N–H and O–H groups in total. The summed E-state index contributed by atoms with van der Waals surface area (Å²) in [5.74, 6) is 0.848. The van der Waals surface area contributed by atoms with Crippen LogP contribution in [0.1, 0.15) is 28.1 Å². The predicted molar refractivity (Wildman–Crippen MR) is 79.8 cm³/mol. The minimum Gasteiger partial charge on any atom is -0.497 e. The molecule has 0 aliphatic heterocycles. The Bertz CT molecular complexity index is 539. The first-order valence-electron chi connectivity index (χ1n) is 6.28. The number of aryl methyl sites for hydroxylation is 2. The van der Waals surface area contributed by atoms with E-state index in [1.165, 1.54) is 4.88 Å². The molecule has 1 aromatic carbocycles. The van der Waals surface area contributed by atoms with E-state index in [-0.39, 0.29) is 0 Å². The fraction of sp³-hybridized carbons (Fsp3) is 0.400. The molecule has 102 valence electrons. The van der Waals surface area contributed by atoms with E-state index in [4.69, 9.17) is 10.5 Å². The number of nitrogens with two attached hydrogens (primary N) is 1. The molecule has 0 saturated carbocycles. The molecule has 3 nitrogen and oxygen atoms in total. The number of methoxy groups -OCH3 is 1. The molecule has 1 heterocycles. The molecule has 0 amide bonds. The summed E-state index contributed by atoms with van der Waals surface area (Å²) in [5.41, 5.74) is 8.23. The molecule has 19 heavy (non-hydrogen) atoms. The SMILES string of the molecule is COc1ccc(C(C)(N)Cc2nc(C)c(C)s2)cc1. The van der Waals surface area contributed by atoms with E-state index in [0.29, 0.717) is 0 Å². The normalized spacial score (nSPS) is 14.2. The summed E-state index contributed by atoms with van der Waals surface area (Å²) in [6, 6.07) is 7.93. The quantitative estimate of drug-likeness (QED) is 0.933. The van der Waals surface area contributed by atoms with Crippen LogP contribution in [0, 0.1) is 13.8 Å². The Labute approximate surface area is 118 Å². The number of hydrogen-bond donors (Lipinski definition) is 1. The lowest BCUT2D eigenvalue weighted by molar-refractivity contribution is 0.413. The zero-order valence-corrected chi connectivity index (χ0v) is 12.7. The van der Waals surface area contributed by atoms with Crippen molar-refractivity contribution >= 4 is 11.3 Å². The van der Waals surface area contributed by atoms with Crippen molar-refractivity contribution in [3.8, 4) is 5.75 Å². The number of benzene rings is 1. The summed E-state index contributed by atoms with van der Waals surface area (Å²) in [5, 5.41) is 1.09. The van der Waals surface area contributed by atoms with Gasteiger partial charge in [-0.05, 0) is 38.5 Å². The van der Waals surface area contributed by atoms with Gasteiger partial charge in [-0.15, -0.1) is 11.3 Å². The van der Waals surface area contributed by atoms with Crippen LogP contribution in [0.5, 0.6) is 5.75 Å². The number of hydrogen-bond acceptors (Lipinski definition) is 4. The summed E-state index contributed by atoms with van der Waals surface area (Å²) < 4.78 is 5.17. The van der Waals surface area contributed by atoms with Gasteiger partial charge in [0.05, 0.1) is 17.8 Å². The molecular formula is C15H20N2OS. The molecule has 4 heteroatoms.